The number of nitrogens with zero attached hydrogens (tertiary/aromatic N) is 1. The monoisotopic (exact) mass is 141 g/mol. The maximum absolute atomic E-state index is 10.6. The molecule has 0 unspecified atom stereocenters. The molecule has 0 saturated heterocycles. The fourth-order valence-corrected chi connectivity index (χ4v) is 0.441. The Bertz CT molecular complexity index is 182. The molecule has 3 heteroatoms. The molecule has 0 atom stereocenters. The number of hydrogen-bond donors (Lipinski definition) is 0. The smallest absolute Gasteiger partial charge is 0.257 e. The first-order valence-electron chi connectivity index (χ1n) is 2.87. The first-order valence-corrected chi connectivity index (χ1v) is 2.87. The Labute approximate surface area is 60.4 Å². The summed E-state index contributed by atoms with van der Waals surface area (Å²) in [5.74, 6) is -0.0852. The summed E-state index contributed by atoms with van der Waals surface area (Å²) in [5.41, 5.74) is 0.562. The maximum Gasteiger partial charge on any atom is 0.257 e. The van der Waals surface area contributed by atoms with E-state index in [1.807, 2.05) is 0 Å². The molecular weight excluding hydrogens is 130 g/mol. The van der Waals surface area contributed by atoms with Crippen LogP contribution in [0.5, 0.6) is 0 Å². The highest BCUT2D eigenvalue weighted by atomic mass is 16.5. The minimum Gasteiger partial charge on any atom is -0.478 e. The van der Waals surface area contributed by atoms with E-state index < -0.39 is 0 Å². The molecule has 3 nitrogen and oxygen atoms in total. The van der Waals surface area contributed by atoms with E-state index in [0.29, 0.717) is 5.70 Å². The van der Waals surface area contributed by atoms with Gasteiger partial charge in [0.25, 0.3) is 5.90 Å². The minimum atomic E-state index is -0.189. The van der Waals surface area contributed by atoms with Gasteiger partial charge in [-0.15, -0.1) is 0 Å². The van der Waals surface area contributed by atoms with E-state index in [0.717, 1.165) is 0 Å². The van der Waals surface area contributed by atoms with Crippen molar-refractivity contribution in [3.63, 3.8) is 0 Å². The van der Waals surface area contributed by atoms with Crippen molar-refractivity contribution in [1.29, 1.82) is 0 Å². The highest BCUT2D eigenvalue weighted by molar-refractivity contribution is 6.35. The predicted molar refractivity (Wildman–Crippen MR) is 39.9 cm³/mol. The van der Waals surface area contributed by atoms with Gasteiger partial charge in [0.2, 0.25) is 5.78 Å². The first-order chi connectivity index (χ1) is 4.57. The third kappa shape index (κ3) is 3.02. The summed E-state index contributed by atoms with van der Waals surface area (Å²) in [4.78, 5) is 14.4. The van der Waals surface area contributed by atoms with E-state index >= 15 is 0 Å². The molecule has 0 aromatic heterocycles. The number of ketones is 1. The van der Waals surface area contributed by atoms with Crippen molar-refractivity contribution in [2.24, 2.45) is 4.99 Å². The molecule has 0 amide bonds. The summed E-state index contributed by atoms with van der Waals surface area (Å²) < 4.78 is 4.66. The van der Waals surface area contributed by atoms with Gasteiger partial charge in [-0.25, -0.2) is 4.99 Å². The standard InChI is InChI=1S/C7H11NO2/c1-5(2)8-7(10-4)6(3)9/h1H2,2-4H3. The normalized spacial score (nSPS) is 10.9. The minimum absolute atomic E-state index is 0.104. The van der Waals surface area contributed by atoms with Crippen LogP contribution in [-0.2, 0) is 9.53 Å². The van der Waals surface area contributed by atoms with Gasteiger partial charge in [-0.2, -0.15) is 0 Å². The fraction of sp³-hybridized carbons (Fsp3) is 0.429. The van der Waals surface area contributed by atoms with E-state index in [1.54, 1.807) is 6.92 Å². The molecule has 0 radical (unpaired) electrons. The van der Waals surface area contributed by atoms with Crippen molar-refractivity contribution in [1.82, 2.24) is 0 Å². The summed E-state index contributed by atoms with van der Waals surface area (Å²) in [6.45, 7) is 6.60. The van der Waals surface area contributed by atoms with E-state index in [2.05, 4.69) is 16.3 Å². The summed E-state index contributed by atoms with van der Waals surface area (Å²) >= 11 is 0. The quantitative estimate of drug-likeness (QED) is 0.427. The summed E-state index contributed by atoms with van der Waals surface area (Å²) in [7, 11) is 1.41. The van der Waals surface area contributed by atoms with E-state index in [4.69, 9.17) is 0 Å². The van der Waals surface area contributed by atoms with Crippen molar-refractivity contribution < 1.29 is 9.53 Å². The Balaban J connectivity index is 4.34. The third-order valence-corrected chi connectivity index (χ3v) is 0.787. The average molecular weight is 141 g/mol. The van der Waals surface area contributed by atoms with Crippen LogP contribution in [0, 0.1) is 0 Å². The van der Waals surface area contributed by atoms with Crippen molar-refractivity contribution >= 4 is 11.7 Å². The van der Waals surface area contributed by atoms with Crippen molar-refractivity contribution in [3.05, 3.63) is 12.3 Å². The molecule has 0 rings (SSSR count). The number of aliphatic imine (C=N–C) groups is 1. The Morgan fingerprint density at radius 1 is 1.50 bits per heavy atom. The topological polar surface area (TPSA) is 38.7 Å². The third-order valence-electron chi connectivity index (χ3n) is 0.787. The molecule has 0 spiro atoms. The molecule has 0 saturated carbocycles. The number of Topliss-reactive ketones (excluding diaryl/α,β-unsaturated/α-hetero) is 1. The molecule has 10 heavy (non-hydrogen) atoms. The second-order valence-electron chi connectivity index (χ2n) is 1.91. The van der Waals surface area contributed by atoms with Gasteiger partial charge in [0.1, 0.15) is 0 Å². The highest BCUT2D eigenvalue weighted by Crippen LogP contribution is 1.92. The lowest BCUT2D eigenvalue weighted by Gasteiger charge is -1.98. The average Bonchev–Trinajstić information content (AvgIpc) is 1.81. The molecule has 0 aliphatic carbocycles. The lowest BCUT2D eigenvalue weighted by molar-refractivity contribution is -0.112. The highest BCUT2D eigenvalue weighted by Gasteiger charge is 2.03. The van der Waals surface area contributed by atoms with Crippen LogP contribution >= 0.6 is 0 Å². The zero-order valence-electron chi connectivity index (χ0n) is 6.47. The number of ether oxygens (including phenoxy) is 1. The van der Waals surface area contributed by atoms with E-state index in [9.17, 15) is 4.79 Å². The number of methoxy groups -OCH3 is 1. The van der Waals surface area contributed by atoms with Crippen molar-refractivity contribution in [2.75, 3.05) is 7.11 Å². The SMILES string of the molecule is C=C(C)N=C(OC)C(C)=O. The summed E-state index contributed by atoms with van der Waals surface area (Å²) in [5, 5.41) is 0. The van der Waals surface area contributed by atoms with Gasteiger partial charge in [0.15, 0.2) is 0 Å². The molecular formula is C7H11NO2. The van der Waals surface area contributed by atoms with Gasteiger partial charge in [-0.1, -0.05) is 6.58 Å². The maximum atomic E-state index is 10.6. The van der Waals surface area contributed by atoms with Crippen LogP contribution in [0.3, 0.4) is 0 Å². The van der Waals surface area contributed by atoms with Gasteiger partial charge < -0.3 is 4.74 Å². The van der Waals surface area contributed by atoms with Gasteiger partial charge in [-0.3, -0.25) is 4.79 Å². The number of carbonyl (C=O) groups is 1. The molecule has 56 valence electrons. The molecule has 0 aromatic carbocycles. The lowest BCUT2D eigenvalue weighted by Crippen LogP contribution is -2.11. The summed E-state index contributed by atoms with van der Waals surface area (Å²) in [6.07, 6.45) is 0. The Morgan fingerprint density at radius 3 is 2.10 bits per heavy atom. The lowest BCUT2D eigenvalue weighted by atomic mass is 10.4. The van der Waals surface area contributed by atoms with Gasteiger partial charge in [0.05, 0.1) is 7.11 Å². The molecule has 0 aliphatic heterocycles. The van der Waals surface area contributed by atoms with Gasteiger partial charge in [0, 0.05) is 12.6 Å². The van der Waals surface area contributed by atoms with Gasteiger partial charge >= 0.3 is 0 Å². The van der Waals surface area contributed by atoms with E-state index in [1.165, 1.54) is 14.0 Å². The fourth-order valence-electron chi connectivity index (χ4n) is 0.441. The van der Waals surface area contributed by atoms with Crippen LogP contribution in [0.2, 0.25) is 0 Å². The second-order valence-corrected chi connectivity index (χ2v) is 1.91. The number of rotatable bonds is 2. The zero-order chi connectivity index (χ0) is 8.15. The van der Waals surface area contributed by atoms with Crippen molar-refractivity contribution in [2.45, 2.75) is 13.8 Å². The second kappa shape index (κ2) is 3.82. The summed E-state index contributed by atoms with van der Waals surface area (Å²) in [6, 6.07) is 0. The number of allylic oxidation sites excluding steroid dienone is 1. The van der Waals surface area contributed by atoms with Crippen LogP contribution in [-0.4, -0.2) is 18.8 Å². The molecule has 0 bridgehead atoms. The predicted octanol–water partition coefficient (Wildman–Crippen LogP) is 1.15. The van der Waals surface area contributed by atoms with Gasteiger partial charge in [-0.05, 0) is 6.92 Å². The molecule has 0 fully saturated rings. The molecule has 0 N–H and O–H groups in total. The zero-order valence-corrected chi connectivity index (χ0v) is 6.47. The molecule has 0 aliphatic rings. The molecule has 0 aromatic rings. The Kier molecular flexibility index (Phi) is 3.39. The number of hydrogen-bond acceptors (Lipinski definition) is 3. The van der Waals surface area contributed by atoms with Crippen LogP contribution in [0.15, 0.2) is 17.3 Å². The largest absolute Gasteiger partial charge is 0.478 e. The van der Waals surface area contributed by atoms with Crippen LogP contribution in [0.4, 0.5) is 0 Å². The van der Waals surface area contributed by atoms with Crippen LogP contribution in [0.1, 0.15) is 13.8 Å². The Morgan fingerprint density at radius 2 is 2.00 bits per heavy atom. The first kappa shape index (κ1) is 8.88. The van der Waals surface area contributed by atoms with Crippen molar-refractivity contribution in [3.8, 4) is 0 Å². The Hall–Kier alpha value is -1.12. The number of carbonyl (C=O) groups excluding carboxylic acids is 1. The van der Waals surface area contributed by atoms with Crippen LogP contribution < -0.4 is 0 Å². The molecule has 0 heterocycles. The van der Waals surface area contributed by atoms with E-state index in [-0.39, 0.29) is 11.7 Å². The van der Waals surface area contributed by atoms with Crippen LogP contribution in [0.25, 0.3) is 0 Å².